The summed E-state index contributed by atoms with van der Waals surface area (Å²) in [7, 11) is 0. The third kappa shape index (κ3) is 4.49. The number of aromatic nitrogens is 2. The average Bonchev–Trinajstić information content (AvgIpc) is 2.66. The van der Waals surface area contributed by atoms with E-state index in [0.29, 0.717) is 23.1 Å². The molecule has 0 bridgehead atoms. The van der Waals surface area contributed by atoms with Gasteiger partial charge in [0.15, 0.2) is 0 Å². The number of para-hydroxylation sites is 2. The molecule has 3 aromatic rings. The molecule has 2 N–H and O–H groups in total. The maximum Gasteiger partial charge on any atom is 0.275 e. The Morgan fingerprint density at radius 1 is 1.08 bits per heavy atom. The second kappa shape index (κ2) is 8.31. The highest BCUT2D eigenvalue weighted by Gasteiger charge is 2.09. The van der Waals surface area contributed by atoms with Gasteiger partial charge in [0, 0.05) is 10.7 Å². The summed E-state index contributed by atoms with van der Waals surface area (Å²) in [4.78, 5) is 20.6. The van der Waals surface area contributed by atoms with Crippen LogP contribution in [0.3, 0.4) is 0 Å². The van der Waals surface area contributed by atoms with Crippen molar-refractivity contribution in [2.75, 3.05) is 17.2 Å². The molecular formula is C19H17ClN4O2. The van der Waals surface area contributed by atoms with Crippen molar-refractivity contribution in [1.29, 1.82) is 0 Å². The number of nitrogens with one attached hydrogen (secondary N) is 2. The molecule has 0 radical (unpaired) electrons. The van der Waals surface area contributed by atoms with Gasteiger partial charge in [-0.2, -0.15) is 0 Å². The van der Waals surface area contributed by atoms with E-state index in [0.717, 1.165) is 11.4 Å². The fraction of sp³-hybridized carbons (Fsp3) is 0.105. The van der Waals surface area contributed by atoms with E-state index in [-0.39, 0.29) is 11.6 Å². The molecule has 0 saturated carbocycles. The van der Waals surface area contributed by atoms with Gasteiger partial charge in [-0.1, -0.05) is 23.7 Å². The lowest BCUT2D eigenvalue weighted by Gasteiger charge is -2.11. The molecule has 0 aliphatic carbocycles. The van der Waals surface area contributed by atoms with Crippen molar-refractivity contribution < 1.29 is 9.53 Å². The van der Waals surface area contributed by atoms with Crippen molar-refractivity contribution in [3.8, 4) is 5.75 Å². The number of hydrogen-bond donors (Lipinski definition) is 2. The molecule has 0 spiro atoms. The van der Waals surface area contributed by atoms with Gasteiger partial charge in [0.2, 0.25) is 0 Å². The van der Waals surface area contributed by atoms with Crippen LogP contribution < -0.4 is 15.4 Å². The molecule has 0 aliphatic rings. The van der Waals surface area contributed by atoms with E-state index in [9.17, 15) is 4.79 Å². The van der Waals surface area contributed by atoms with Crippen molar-refractivity contribution in [2.24, 2.45) is 0 Å². The standard InChI is InChI=1S/C19H17ClN4O2/c1-2-26-17-6-4-3-5-15(17)24-18-12-21-16(11-22-18)19(25)23-14-9-7-13(20)8-10-14/h3-12H,2H2,1H3,(H,22,24)(H,23,25). The zero-order valence-electron chi connectivity index (χ0n) is 14.1. The molecule has 7 heteroatoms. The second-order valence-corrected chi connectivity index (χ2v) is 5.74. The molecule has 1 heterocycles. The van der Waals surface area contributed by atoms with Gasteiger partial charge in [-0.15, -0.1) is 0 Å². The van der Waals surface area contributed by atoms with Crippen LogP contribution >= 0.6 is 11.6 Å². The Kier molecular flexibility index (Phi) is 5.66. The summed E-state index contributed by atoms with van der Waals surface area (Å²) in [5, 5.41) is 6.48. The van der Waals surface area contributed by atoms with Crippen molar-refractivity contribution >= 4 is 34.7 Å². The fourth-order valence-corrected chi connectivity index (χ4v) is 2.35. The average molecular weight is 369 g/mol. The highest BCUT2D eigenvalue weighted by atomic mass is 35.5. The minimum absolute atomic E-state index is 0.212. The number of carbonyl (C=O) groups is 1. The van der Waals surface area contributed by atoms with Crippen molar-refractivity contribution in [1.82, 2.24) is 9.97 Å². The van der Waals surface area contributed by atoms with Gasteiger partial charge in [0.05, 0.1) is 24.7 Å². The molecule has 132 valence electrons. The highest BCUT2D eigenvalue weighted by molar-refractivity contribution is 6.30. The van der Waals surface area contributed by atoms with Gasteiger partial charge in [-0.3, -0.25) is 4.79 Å². The predicted molar refractivity (Wildman–Crippen MR) is 102 cm³/mol. The lowest BCUT2D eigenvalue weighted by molar-refractivity contribution is 0.102. The summed E-state index contributed by atoms with van der Waals surface area (Å²) in [6.07, 6.45) is 2.91. The van der Waals surface area contributed by atoms with Crippen LogP contribution in [0.5, 0.6) is 5.75 Å². The number of nitrogens with zero attached hydrogens (tertiary/aromatic N) is 2. The molecule has 26 heavy (non-hydrogen) atoms. The third-order valence-electron chi connectivity index (χ3n) is 3.44. The second-order valence-electron chi connectivity index (χ2n) is 5.30. The van der Waals surface area contributed by atoms with Crippen LogP contribution in [-0.2, 0) is 0 Å². The van der Waals surface area contributed by atoms with E-state index in [1.807, 2.05) is 31.2 Å². The van der Waals surface area contributed by atoms with Crippen molar-refractivity contribution in [3.05, 3.63) is 71.6 Å². The monoisotopic (exact) mass is 368 g/mol. The van der Waals surface area contributed by atoms with Gasteiger partial charge in [0.1, 0.15) is 17.3 Å². The Balaban J connectivity index is 1.68. The number of carbonyl (C=O) groups excluding carboxylic acids is 1. The molecule has 1 amide bonds. The van der Waals surface area contributed by atoms with E-state index >= 15 is 0 Å². The van der Waals surface area contributed by atoms with E-state index in [4.69, 9.17) is 16.3 Å². The summed E-state index contributed by atoms with van der Waals surface area (Å²) in [6, 6.07) is 14.4. The normalized spacial score (nSPS) is 10.2. The number of benzene rings is 2. The lowest BCUT2D eigenvalue weighted by atomic mass is 10.3. The zero-order chi connectivity index (χ0) is 18.4. The van der Waals surface area contributed by atoms with Gasteiger partial charge in [-0.25, -0.2) is 9.97 Å². The van der Waals surface area contributed by atoms with Gasteiger partial charge in [-0.05, 0) is 43.3 Å². The molecule has 1 aromatic heterocycles. The van der Waals surface area contributed by atoms with Crippen LogP contribution in [0.4, 0.5) is 17.2 Å². The molecule has 2 aromatic carbocycles. The number of rotatable bonds is 6. The molecule has 0 fully saturated rings. The fourth-order valence-electron chi connectivity index (χ4n) is 2.23. The number of halogens is 1. The summed E-state index contributed by atoms with van der Waals surface area (Å²) in [5.41, 5.74) is 1.62. The highest BCUT2D eigenvalue weighted by Crippen LogP contribution is 2.26. The number of anilines is 3. The van der Waals surface area contributed by atoms with E-state index in [2.05, 4.69) is 20.6 Å². The zero-order valence-corrected chi connectivity index (χ0v) is 14.8. The molecule has 3 rings (SSSR count). The van der Waals surface area contributed by atoms with Gasteiger partial charge < -0.3 is 15.4 Å². The summed E-state index contributed by atoms with van der Waals surface area (Å²) < 4.78 is 5.56. The van der Waals surface area contributed by atoms with E-state index in [1.165, 1.54) is 12.4 Å². The summed E-state index contributed by atoms with van der Waals surface area (Å²) in [5.74, 6) is 0.891. The molecule has 0 unspecified atom stereocenters. The number of hydrogen-bond acceptors (Lipinski definition) is 5. The Morgan fingerprint density at radius 2 is 1.85 bits per heavy atom. The Hall–Kier alpha value is -3.12. The largest absolute Gasteiger partial charge is 0.492 e. The summed E-state index contributed by atoms with van der Waals surface area (Å²) >= 11 is 5.83. The van der Waals surface area contributed by atoms with E-state index < -0.39 is 0 Å². The maximum atomic E-state index is 12.2. The molecule has 0 atom stereocenters. The third-order valence-corrected chi connectivity index (χ3v) is 3.69. The Labute approximate surface area is 156 Å². The molecule has 0 aliphatic heterocycles. The maximum absolute atomic E-state index is 12.2. The lowest BCUT2D eigenvalue weighted by Crippen LogP contribution is -2.14. The topological polar surface area (TPSA) is 76.1 Å². The number of amides is 1. The van der Waals surface area contributed by atoms with Gasteiger partial charge >= 0.3 is 0 Å². The van der Waals surface area contributed by atoms with Crippen LogP contribution in [0.25, 0.3) is 0 Å². The van der Waals surface area contributed by atoms with Gasteiger partial charge in [0.25, 0.3) is 5.91 Å². The smallest absolute Gasteiger partial charge is 0.275 e. The van der Waals surface area contributed by atoms with E-state index in [1.54, 1.807) is 24.3 Å². The molecule has 0 saturated heterocycles. The first kappa shape index (κ1) is 17.7. The SMILES string of the molecule is CCOc1ccccc1Nc1cnc(C(=O)Nc2ccc(Cl)cc2)cn1. The summed E-state index contributed by atoms with van der Waals surface area (Å²) in [6.45, 7) is 2.48. The first-order valence-corrected chi connectivity index (χ1v) is 8.41. The Morgan fingerprint density at radius 3 is 2.54 bits per heavy atom. The minimum Gasteiger partial charge on any atom is -0.492 e. The first-order valence-electron chi connectivity index (χ1n) is 8.03. The molecule has 6 nitrogen and oxygen atoms in total. The Bertz CT molecular complexity index is 883. The van der Waals surface area contributed by atoms with Crippen LogP contribution in [0.1, 0.15) is 17.4 Å². The van der Waals surface area contributed by atoms with Crippen LogP contribution in [-0.4, -0.2) is 22.5 Å². The predicted octanol–water partition coefficient (Wildman–Crippen LogP) is 4.52. The molecular weight excluding hydrogens is 352 g/mol. The van der Waals surface area contributed by atoms with Crippen LogP contribution in [0, 0.1) is 0 Å². The van der Waals surface area contributed by atoms with Crippen molar-refractivity contribution in [2.45, 2.75) is 6.92 Å². The first-order chi connectivity index (χ1) is 12.7. The number of ether oxygens (including phenoxy) is 1. The minimum atomic E-state index is -0.346. The van der Waals surface area contributed by atoms with Crippen LogP contribution in [0.2, 0.25) is 5.02 Å². The quantitative estimate of drug-likeness (QED) is 0.668. The van der Waals surface area contributed by atoms with Crippen LogP contribution in [0.15, 0.2) is 60.9 Å². The van der Waals surface area contributed by atoms with Crippen molar-refractivity contribution in [3.63, 3.8) is 0 Å².